The lowest BCUT2D eigenvalue weighted by Crippen LogP contribution is -2.17. The van der Waals surface area contributed by atoms with Crippen LogP contribution in [0.2, 0.25) is 0 Å². The molecule has 0 unspecified atom stereocenters. The van der Waals surface area contributed by atoms with Crippen molar-refractivity contribution in [2.75, 3.05) is 7.11 Å². The minimum Gasteiger partial charge on any atom is -0.463 e. The van der Waals surface area contributed by atoms with Crippen LogP contribution in [-0.4, -0.2) is 24.6 Å². The molecular formula is C10H20O4. The molecule has 0 aliphatic heterocycles. The third kappa shape index (κ3) is 13.4. The Morgan fingerprint density at radius 2 is 1.36 bits per heavy atom. The van der Waals surface area contributed by atoms with Crippen LogP contribution in [0.3, 0.4) is 0 Å². The fourth-order valence-electron chi connectivity index (χ4n) is 0.412. The molecule has 0 rings (SSSR count). The Hall–Kier alpha value is -1.19. The van der Waals surface area contributed by atoms with Gasteiger partial charge in [0.25, 0.3) is 0 Å². The van der Waals surface area contributed by atoms with Crippen molar-refractivity contribution < 1.29 is 19.1 Å². The standard InChI is InChI=1S/C6H8O4.2C2H6/c1-4(7)3-5(8)6(9)10-2;2*1-2/h3H2,1-2H3;2*1-2H3. The lowest BCUT2D eigenvalue weighted by Gasteiger charge is -1.93. The van der Waals surface area contributed by atoms with Gasteiger partial charge in [-0.2, -0.15) is 0 Å². The molecule has 0 heterocycles. The highest BCUT2D eigenvalue weighted by Gasteiger charge is 2.14. The van der Waals surface area contributed by atoms with Crippen LogP contribution in [0, 0.1) is 0 Å². The Kier molecular flexibility index (Phi) is 19.0. The number of ether oxygens (including phenoxy) is 1. The first-order chi connectivity index (χ1) is 6.57. The zero-order valence-corrected chi connectivity index (χ0v) is 9.84. The predicted molar refractivity (Wildman–Crippen MR) is 55.0 cm³/mol. The smallest absolute Gasteiger partial charge is 0.374 e. The van der Waals surface area contributed by atoms with Gasteiger partial charge in [-0.3, -0.25) is 9.59 Å². The molecular weight excluding hydrogens is 184 g/mol. The summed E-state index contributed by atoms with van der Waals surface area (Å²) in [5.74, 6) is -2.10. The molecule has 0 N–H and O–H groups in total. The van der Waals surface area contributed by atoms with Crippen LogP contribution in [0.5, 0.6) is 0 Å². The van der Waals surface area contributed by atoms with Crippen molar-refractivity contribution in [3.8, 4) is 0 Å². The number of rotatable bonds is 3. The van der Waals surface area contributed by atoms with Crippen LogP contribution in [0.4, 0.5) is 0 Å². The molecule has 4 nitrogen and oxygen atoms in total. The summed E-state index contributed by atoms with van der Waals surface area (Å²) in [6, 6.07) is 0. The monoisotopic (exact) mass is 204 g/mol. The molecule has 84 valence electrons. The zero-order valence-electron chi connectivity index (χ0n) is 9.84. The van der Waals surface area contributed by atoms with Crippen LogP contribution in [0.25, 0.3) is 0 Å². The molecule has 0 amide bonds. The van der Waals surface area contributed by atoms with E-state index in [1.54, 1.807) is 0 Å². The van der Waals surface area contributed by atoms with Gasteiger partial charge in [0.2, 0.25) is 5.78 Å². The van der Waals surface area contributed by atoms with E-state index >= 15 is 0 Å². The fraction of sp³-hybridized carbons (Fsp3) is 0.700. The second kappa shape index (κ2) is 14.3. The normalized spacial score (nSPS) is 7.00. The number of hydrogen-bond acceptors (Lipinski definition) is 4. The van der Waals surface area contributed by atoms with Gasteiger partial charge in [0.15, 0.2) is 0 Å². The molecule has 0 fully saturated rings. The second-order valence-corrected chi connectivity index (χ2v) is 1.79. The maximum atomic E-state index is 10.5. The van der Waals surface area contributed by atoms with Crippen LogP contribution >= 0.6 is 0 Å². The van der Waals surface area contributed by atoms with E-state index in [9.17, 15) is 14.4 Å². The van der Waals surface area contributed by atoms with Crippen molar-refractivity contribution in [1.29, 1.82) is 0 Å². The topological polar surface area (TPSA) is 60.4 Å². The minimum atomic E-state index is -0.963. The summed E-state index contributed by atoms with van der Waals surface area (Å²) in [7, 11) is 1.10. The van der Waals surface area contributed by atoms with Gasteiger partial charge in [-0.05, 0) is 6.92 Å². The molecule has 0 atom stereocenters. The lowest BCUT2D eigenvalue weighted by atomic mass is 10.2. The molecule has 0 saturated heterocycles. The summed E-state index contributed by atoms with van der Waals surface area (Å²) in [5.41, 5.74) is 0. The number of Topliss-reactive ketones (excluding diaryl/α,β-unsaturated/α-hetero) is 2. The van der Waals surface area contributed by atoms with Crippen molar-refractivity contribution >= 4 is 17.5 Å². The van der Waals surface area contributed by atoms with Crippen molar-refractivity contribution in [2.45, 2.75) is 41.0 Å². The highest BCUT2D eigenvalue weighted by Crippen LogP contribution is 1.86. The lowest BCUT2D eigenvalue weighted by molar-refractivity contribution is -0.152. The van der Waals surface area contributed by atoms with Crippen LogP contribution in [-0.2, 0) is 19.1 Å². The van der Waals surface area contributed by atoms with Gasteiger partial charge >= 0.3 is 5.97 Å². The third-order valence-corrected chi connectivity index (χ3v) is 0.823. The Morgan fingerprint density at radius 1 is 1.00 bits per heavy atom. The maximum absolute atomic E-state index is 10.5. The van der Waals surface area contributed by atoms with Crippen molar-refractivity contribution in [1.82, 2.24) is 0 Å². The molecule has 0 aromatic carbocycles. The van der Waals surface area contributed by atoms with Gasteiger partial charge in [-0.1, -0.05) is 27.7 Å². The average molecular weight is 204 g/mol. The molecule has 0 aromatic heterocycles. The minimum absolute atomic E-state index is 0.338. The SMILES string of the molecule is CC.CC.COC(=O)C(=O)CC(C)=O. The van der Waals surface area contributed by atoms with Crippen LogP contribution in [0.1, 0.15) is 41.0 Å². The number of hydrogen-bond donors (Lipinski definition) is 0. The Bertz CT molecular complexity index is 173. The van der Waals surface area contributed by atoms with Crippen LogP contribution in [0.15, 0.2) is 0 Å². The molecule has 0 saturated carbocycles. The van der Waals surface area contributed by atoms with E-state index in [1.807, 2.05) is 27.7 Å². The summed E-state index contributed by atoms with van der Waals surface area (Å²) in [4.78, 5) is 31.1. The molecule has 0 radical (unpaired) electrons. The van der Waals surface area contributed by atoms with E-state index in [4.69, 9.17) is 0 Å². The third-order valence-electron chi connectivity index (χ3n) is 0.823. The van der Waals surface area contributed by atoms with Gasteiger partial charge in [-0.25, -0.2) is 4.79 Å². The molecule has 0 aromatic rings. The highest BCUT2D eigenvalue weighted by atomic mass is 16.5. The number of carbonyl (C=O) groups excluding carboxylic acids is 3. The first-order valence-corrected chi connectivity index (χ1v) is 4.68. The van der Waals surface area contributed by atoms with Gasteiger partial charge in [0, 0.05) is 0 Å². The van der Waals surface area contributed by atoms with E-state index < -0.39 is 11.8 Å². The van der Waals surface area contributed by atoms with E-state index in [-0.39, 0.29) is 12.2 Å². The quantitative estimate of drug-likeness (QED) is 0.399. The van der Waals surface area contributed by atoms with Crippen molar-refractivity contribution in [3.05, 3.63) is 0 Å². The van der Waals surface area contributed by atoms with Gasteiger partial charge in [-0.15, -0.1) is 0 Å². The first kappa shape index (κ1) is 18.6. The zero-order chi connectivity index (χ0) is 12.1. The Balaban J connectivity index is -0.000000266. The fourth-order valence-corrected chi connectivity index (χ4v) is 0.412. The molecule has 0 aliphatic carbocycles. The summed E-state index contributed by atoms with van der Waals surface area (Å²) in [5, 5.41) is 0. The number of carbonyl (C=O) groups is 3. The summed E-state index contributed by atoms with van der Waals surface area (Å²) < 4.78 is 4.07. The number of methoxy groups -OCH3 is 1. The van der Waals surface area contributed by atoms with Crippen LogP contribution < -0.4 is 0 Å². The Labute approximate surface area is 85.6 Å². The summed E-state index contributed by atoms with van der Waals surface area (Å²) >= 11 is 0. The largest absolute Gasteiger partial charge is 0.463 e. The van der Waals surface area contributed by atoms with Gasteiger partial charge < -0.3 is 4.74 Å². The molecule has 0 bridgehead atoms. The molecule has 0 spiro atoms. The van der Waals surface area contributed by atoms with E-state index in [0.29, 0.717) is 0 Å². The van der Waals surface area contributed by atoms with Gasteiger partial charge in [0.05, 0.1) is 13.5 Å². The maximum Gasteiger partial charge on any atom is 0.374 e. The second-order valence-electron chi connectivity index (χ2n) is 1.79. The van der Waals surface area contributed by atoms with Crippen molar-refractivity contribution in [3.63, 3.8) is 0 Å². The predicted octanol–water partition coefficient (Wildman–Crippen LogP) is 1.76. The number of esters is 1. The summed E-state index contributed by atoms with van der Waals surface area (Å²) in [6.07, 6.45) is -0.368. The van der Waals surface area contributed by atoms with Crippen molar-refractivity contribution in [2.24, 2.45) is 0 Å². The van der Waals surface area contributed by atoms with E-state index in [0.717, 1.165) is 7.11 Å². The molecule has 0 aliphatic rings. The molecule has 4 heteroatoms. The average Bonchev–Trinajstić information content (AvgIpc) is 2.21. The van der Waals surface area contributed by atoms with E-state index in [1.165, 1.54) is 6.92 Å². The van der Waals surface area contributed by atoms with Gasteiger partial charge in [0.1, 0.15) is 5.78 Å². The number of ketones is 2. The summed E-state index contributed by atoms with van der Waals surface area (Å²) in [6.45, 7) is 9.24. The molecule has 14 heavy (non-hydrogen) atoms. The highest BCUT2D eigenvalue weighted by molar-refractivity contribution is 6.36. The van der Waals surface area contributed by atoms with E-state index in [2.05, 4.69) is 4.74 Å². The Morgan fingerprint density at radius 3 is 1.57 bits per heavy atom. The first-order valence-electron chi connectivity index (χ1n) is 4.68.